The minimum Gasteiger partial charge on any atom is -0.481 e. The summed E-state index contributed by atoms with van der Waals surface area (Å²) in [6, 6.07) is 1.43. The molecule has 18 heavy (non-hydrogen) atoms. The largest absolute Gasteiger partial charge is 0.481 e. The number of carbonyl (C=O) groups excluding carboxylic acids is 1. The highest BCUT2D eigenvalue weighted by molar-refractivity contribution is 5.74. The third kappa shape index (κ3) is 2.17. The molecule has 0 aliphatic rings. The Bertz CT molecular complexity index is 602. The highest BCUT2D eigenvalue weighted by Crippen LogP contribution is 2.23. The van der Waals surface area contributed by atoms with Gasteiger partial charge in [0.2, 0.25) is 5.88 Å². The second kappa shape index (κ2) is 4.87. The van der Waals surface area contributed by atoms with Crippen LogP contribution in [0.2, 0.25) is 0 Å². The maximum atomic E-state index is 13.7. The molecule has 0 N–H and O–H groups in total. The lowest BCUT2D eigenvalue weighted by atomic mass is 10.2. The van der Waals surface area contributed by atoms with Crippen LogP contribution in [-0.2, 0) is 0 Å². The van der Waals surface area contributed by atoms with Crippen molar-refractivity contribution in [3.05, 3.63) is 35.7 Å². The van der Waals surface area contributed by atoms with Crippen LogP contribution >= 0.6 is 0 Å². The average molecular weight is 247 g/mol. The van der Waals surface area contributed by atoms with E-state index in [-0.39, 0.29) is 17.1 Å². The standard InChI is InChI=1S/C12H10FN3O2/c1-7-11(6-17)14-5-10(16-7)8-3-12(18-2)15-4-9(8)13/h3-6H,1-2H3. The van der Waals surface area contributed by atoms with Gasteiger partial charge in [-0.3, -0.25) is 4.79 Å². The molecule has 2 heterocycles. The Morgan fingerprint density at radius 1 is 1.33 bits per heavy atom. The van der Waals surface area contributed by atoms with Gasteiger partial charge in [0.1, 0.15) is 5.69 Å². The Morgan fingerprint density at radius 2 is 2.11 bits per heavy atom. The van der Waals surface area contributed by atoms with Crippen LogP contribution in [0.15, 0.2) is 18.5 Å². The van der Waals surface area contributed by atoms with Crippen molar-refractivity contribution < 1.29 is 13.9 Å². The summed E-state index contributed by atoms with van der Waals surface area (Å²) in [5, 5.41) is 0. The summed E-state index contributed by atoms with van der Waals surface area (Å²) < 4.78 is 18.6. The number of nitrogens with zero attached hydrogens (tertiary/aromatic N) is 3. The molecule has 0 amide bonds. The number of carbonyl (C=O) groups is 1. The third-order valence-corrected chi connectivity index (χ3v) is 2.41. The molecule has 0 radical (unpaired) electrons. The molecule has 2 aromatic rings. The van der Waals surface area contributed by atoms with Crippen molar-refractivity contribution in [2.24, 2.45) is 0 Å². The van der Waals surface area contributed by atoms with Crippen LogP contribution in [-0.4, -0.2) is 28.3 Å². The van der Waals surface area contributed by atoms with Crippen LogP contribution in [0, 0.1) is 12.7 Å². The summed E-state index contributed by atoms with van der Waals surface area (Å²) in [7, 11) is 1.44. The van der Waals surface area contributed by atoms with Gasteiger partial charge < -0.3 is 4.74 Å². The van der Waals surface area contributed by atoms with E-state index >= 15 is 0 Å². The van der Waals surface area contributed by atoms with E-state index in [4.69, 9.17) is 4.74 Å². The van der Waals surface area contributed by atoms with Crippen molar-refractivity contribution in [3.63, 3.8) is 0 Å². The lowest BCUT2D eigenvalue weighted by molar-refractivity contribution is 0.111. The molecule has 92 valence electrons. The Hall–Kier alpha value is -2.37. The molecule has 0 spiro atoms. The Morgan fingerprint density at radius 3 is 2.72 bits per heavy atom. The number of hydrogen-bond acceptors (Lipinski definition) is 5. The predicted molar refractivity (Wildman–Crippen MR) is 61.9 cm³/mol. The molecule has 0 atom stereocenters. The molecule has 0 aliphatic carbocycles. The number of hydrogen-bond donors (Lipinski definition) is 0. The number of aromatic nitrogens is 3. The molecule has 5 nitrogen and oxygen atoms in total. The second-order valence-electron chi connectivity index (χ2n) is 3.55. The molecule has 0 fully saturated rings. The SMILES string of the molecule is COc1cc(-c2cnc(C=O)c(C)n2)c(F)cn1. The third-order valence-electron chi connectivity index (χ3n) is 2.41. The van der Waals surface area contributed by atoms with E-state index in [0.29, 0.717) is 17.7 Å². The van der Waals surface area contributed by atoms with Gasteiger partial charge in [-0.25, -0.2) is 19.3 Å². The van der Waals surface area contributed by atoms with Crippen molar-refractivity contribution in [2.75, 3.05) is 7.11 Å². The minimum absolute atomic E-state index is 0.231. The summed E-state index contributed by atoms with van der Waals surface area (Å²) >= 11 is 0. The van der Waals surface area contributed by atoms with Crippen molar-refractivity contribution in [3.8, 4) is 17.1 Å². The summed E-state index contributed by atoms with van der Waals surface area (Å²) in [4.78, 5) is 22.4. The van der Waals surface area contributed by atoms with Gasteiger partial charge in [-0.2, -0.15) is 0 Å². The first-order valence-electron chi connectivity index (χ1n) is 5.14. The van der Waals surface area contributed by atoms with Gasteiger partial charge in [0.05, 0.1) is 30.9 Å². The molecule has 0 bridgehead atoms. The van der Waals surface area contributed by atoms with Gasteiger partial charge in [0, 0.05) is 11.6 Å². The molecular formula is C12H10FN3O2. The predicted octanol–water partition coefficient (Wildman–Crippen LogP) is 1.81. The number of halogens is 1. The Balaban J connectivity index is 2.54. The van der Waals surface area contributed by atoms with Crippen LogP contribution in [0.4, 0.5) is 4.39 Å². The number of aldehydes is 1. The number of methoxy groups -OCH3 is 1. The normalized spacial score (nSPS) is 10.2. The maximum absolute atomic E-state index is 13.7. The van der Waals surface area contributed by atoms with Crippen LogP contribution in [0.3, 0.4) is 0 Å². The van der Waals surface area contributed by atoms with Crippen LogP contribution < -0.4 is 4.74 Å². The number of aryl methyl sites for hydroxylation is 1. The molecule has 6 heteroatoms. The average Bonchev–Trinajstić information content (AvgIpc) is 2.39. The van der Waals surface area contributed by atoms with Gasteiger partial charge in [0.15, 0.2) is 12.1 Å². The molecule has 0 unspecified atom stereocenters. The lowest BCUT2D eigenvalue weighted by Gasteiger charge is -2.06. The van der Waals surface area contributed by atoms with E-state index in [1.54, 1.807) is 6.92 Å². The van der Waals surface area contributed by atoms with E-state index in [0.717, 1.165) is 6.20 Å². The van der Waals surface area contributed by atoms with Crippen molar-refractivity contribution >= 4 is 6.29 Å². The Labute approximate surface area is 103 Å². The van der Waals surface area contributed by atoms with E-state index in [1.165, 1.54) is 19.4 Å². The fraction of sp³-hybridized carbons (Fsp3) is 0.167. The van der Waals surface area contributed by atoms with E-state index in [2.05, 4.69) is 15.0 Å². The molecule has 2 rings (SSSR count). The molecule has 0 aromatic carbocycles. The first kappa shape index (κ1) is 12.1. The first-order valence-corrected chi connectivity index (χ1v) is 5.14. The summed E-state index contributed by atoms with van der Waals surface area (Å²) in [5.74, 6) is -0.242. The monoisotopic (exact) mass is 247 g/mol. The number of rotatable bonds is 3. The van der Waals surface area contributed by atoms with Crippen molar-refractivity contribution in [2.45, 2.75) is 6.92 Å². The molecule has 0 saturated carbocycles. The van der Waals surface area contributed by atoms with Gasteiger partial charge in [-0.1, -0.05) is 0 Å². The van der Waals surface area contributed by atoms with Gasteiger partial charge in [0.25, 0.3) is 0 Å². The zero-order valence-corrected chi connectivity index (χ0v) is 9.85. The minimum atomic E-state index is -0.525. The molecular weight excluding hydrogens is 237 g/mol. The smallest absolute Gasteiger partial charge is 0.213 e. The van der Waals surface area contributed by atoms with Gasteiger partial charge >= 0.3 is 0 Å². The van der Waals surface area contributed by atoms with Crippen LogP contribution in [0.5, 0.6) is 5.88 Å². The highest BCUT2D eigenvalue weighted by Gasteiger charge is 2.11. The van der Waals surface area contributed by atoms with Crippen molar-refractivity contribution in [1.29, 1.82) is 0 Å². The van der Waals surface area contributed by atoms with Crippen LogP contribution in [0.1, 0.15) is 16.2 Å². The fourth-order valence-electron chi connectivity index (χ4n) is 1.46. The number of pyridine rings is 1. The summed E-state index contributed by atoms with van der Waals surface area (Å²) in [6.07, 6.45) is 3.00. The quantitative estimate of drug-likeness (QED) is 0.774. The lowest BCUT2D eigenvalue weighted by Crippen LogP contribution is -1.99. The fourth-order valence-corrected chi connectivity index (χ4v) is 1.46. The second-order valence-corrected chi connectivity index (χ2v) is 3.55. The zero-order valence-electron chi connectivity index (χ0n) is 9.85. The molecule has 0 aliphatic heterocycles. The zero-order chi connectivity index (χ0) is 13.1. The molecule has 0 saturated heterocycles. The highest BCUT2D eigenvalue weighted by atomic mass is 19.1. The Kier molecular flexibility index (Phi) is 3.27. The topological polar surface area (TPSA) is 65.0 Å². The van der Waals surface area contributed by atoms with E-state index < -0.39 is 5.82 Å². The summed E-state index contributed by atoms with van der Waals surface area (Å²) in [6.45, 7) is 1.64. The first-order chi connectivity index (χ1) is 8.65. The van der Waals surface area contributed by atoms with E-state index in [9.17, 15) is 9.18 Å². The maximum Gasteiger partial charge on any atom is 0.213 e. The van der Waals surface area contributed by atoms with E-state index in [1.807, 2.05) is 0 Å². The molecule has 2 aromatic heterocycles. The number of ether oxygens (including phenoxy) is 1. The van der Waals surface area contributed by atoms with Gasteiger partial charge in [-0.15, -0.1) is 0 Å². The summed E-state index contributed by atoms with van der Waals surface area (Å²) in [5.41, 5.74) is 1.24. The van der Waals surface area contributed by atoms with Gasteiger partial charge in [-0.05, 0) is 6.92 Å². The van der Waals surface area contributed by atoms with Crippen LogP contribution in [0.25, 0.3) is 11.3 Å². The van der Waals surface area contributed by atoms with Crippen molar-refractivity contribution in [1.82, 2.24) is 15.0 Å².